The van der Waals surface area contributed by atoms with Gasteiger partial charge in [0, 0.05) is 23.5 Å². The second-order valence-corrected chi connectivity index (χ2v) is 9.01. The predicted molar refractivity (Wildman–Crippen MR) is 132 cm³/mol. The molecule has 0 atom stereocenters. The van der Waals surface area contributed by atoms with Crippen LogP contribution in [0.4, 0.5) is 20.6 Å². The van der Waals surface area contributed by atoms with Crippen molar-refractivity contribution in [2.45, 2.75) is 32.1 Å². The van der Waals surface area contributed by atoms with E-state index in [2.05, 4.69) is 15.6 Å². The minimum absolute atomic E-state index is 0.104. The van der Waals surface area contributed by atoms with E-state index < -0.39 is 23.2 Å². The predicted octanol–water partition coefficient (Wildman–Crippen LogP) is 6.60. The van der Waals surface area contributed by atoms with Gasteiger partial charge in [-0.15, -0.1) is 0 Å². The Morgan fingerprint density at radius 1 is 1.00 bits per heavy atom. The molecule has 1 aromatic heterocycles. The largest absolute Gasteiger partial charge is 0.481 e. The third-order valence-electron chi connectivity index (χ3n) is 6.15. The monoisotopic (exact) mass is 497 g/mol. The van der Waals surface area contributed by atoms with Crippen LogP contribution in [0.2, 0.25) is 5.02 Å². The number of pyridine rings is 1. The molecule has 1 heterocycles. The van der Waals surface area contributed by atoms with Crippen LogP contribution >= 0.6 is 11.6 Å². The van der Waals surface area contributed by atoms with Crippen molar-refractivity contribution in [3.05, 3.63) is 71.6 Å². The number of nitrogens with zero attached hydrogens (tertiary/aromatic N) is 1. The number of nitrogens with one attached hydrogen (secondary N) is 2. The van der Waals surface area contributed by atoms with Crippen molar-refractivity contribution in [3.8, 4) is 17.0 Å². The first-order valence-electron chi connectivity index (χ1n) is 11.3. The quantitative estimate of drug-likeness (QED) is 0.341. The number of aromatic nitrogens is 1. The highest BCUT2D eigenvalue weighted by atomic mass is 35.5. The summed E-state index contributed by atoms with van der Waals surface area (Å²) in [6.07, 6.45) is 5.76. The van der Waals surface area contributed by atoms with Crippen molar-refractivity contribution in [1.82, 2.24) is 4.98 Å². The molecule has 2 aromatic carbocycles. The van der Waals surface area contributed by atoms with Crippen LogP contribution in [0.15, 0.2) is 60.8 Å². The summed E-state index contributed by atoms with van der Waals surface area (Å²) < 4.78 is 18.9. The molecular weight excluding hydrogens is 473 g/mol. The van der Waals surface area contributed by atoms with Crippen LogP contribution in [-0.4, -0.2) is 28.7 Å². The van der Waals surface area contributed by atoms with Gasteiger partial charge in [0.25, 0.3) is 0 Å². The number of rotatable bonds is 7. The highest BCUT2D eigenvalue weighted by Crippen LogP contribution is 2.37. The van der Waals surface area contributed by atoms with Crippen LogP contribution in [0.3, 0.4) is 0 Å². The maximum atomic E-state index is 13.1. The zero-order chi connectivity index (χ0) is 24.8. The zero-order valence-electron chi connectivity index (χ0n) is 18.9. The van der Waals surface area contributed by atoms with Crippen LogP contribution in [0, 0.1) is 11.2 Å². The van der Waals surface area contributed by atoms with E-state index in [4.69, 9.17) is 16.3 Å². The van der Waals surface area contributed by atoms with Crippen LogP contribution in [-0.2, 0) is 4.79 Å². The first-order chi connectivity index (χ1) is 16.8. The third kappa shape index (κ3) is 6.08. The van der Waals surface area contributed by atoms with E-state index in [9.17, 15) is 19.1 Å². The Labute approximate surface area is 207 Å². The fourth-order valence-electron chi connectivity index (χ4n) is 4.12. The van der Waals surface area contributed by atoms with Crippen molar-refractivity contribution in [1.29, 1.82) is 0 Å². The number of urea groups is 1. The Kier molecular flexibility index (Phi) is 7.51. The molecule has 182 valence electrons. The molecule has 0 bridgehead atoms. The van der Waals surface area contributed by atoms with Gasteiger partial charge in [-0.25, -0.2) is 14.2 Å². The Hall–Kier alpha value is -3.65. The van der Waals surface area contributed by atoms with E-state index in [-0.39, 0.29) is 11.6 Å². The molecule has 0 saturated heterocycles. The van der Waals surface area contributed by atoms with E-state index in [1.165, 1.54) is 12.1 Å². The van der Waals surface area contributed by atoms with Crippen LogP contribution < -0.4 is 15.4 Å². The SMILES string of the molecule is O=C(Nc1ccc(-c2ccc(OCC3(C(=O)O)CCCCC3)nc2)cc1)Nc1ccc(F)cc1Cl. The molecule has 1 aliphatic rings. The molecule has 9 heteroatoms. The van der Waals surface area contributed by atoms with E-state index in [1.54, 1.807) is 24.4 Å². The molecule has 1 aliphatic carbocycles. The number of carboxylic acid groups (broad SMARTS) is 1. The van der Waals surface area contributed by atoms with Crippen molar-refractivity contribution < 1.29 is 23.8 Å². The molecule has 0 spiro atoms. The molecular formula is C26H25ClFN3O4. The average Bonchev–Trinajstić information content (AvgIpc) is 2.86. The number of amides is 2. The van der Waals surface area contributed by atoms with Crippen molar-refractivity contribution in [2.24, 2.45) is 5.41 Å². The lowest BCUT2D eigenvalue weighted by atomic mass is 9.75. The van der Waals surface area contributed by atoms with Gasteiger partial charge in [0.05, 0.1) is 10.7 Å². The van der Waals surface area contributed by atoms with Gasteiger partial charge in [-0.1, -0.05) is 43.0 Å². The number of benzene rings is 2. The van der Waals surface area contributed by atoms with Crippen LogP contribution in [0.5, 0.6) is 5.88 Å². The fraction of sp³-hybridized carbons (Fsp3) is 0.269. The Bertz CT molecular complexity index is 1200. The van der Waals surface area contributed by atoms with Crippen LogP contribution in [0.25, 0.3) is 11.1 Å². The number of carboxylic acids is 1. The van der Waals surface area contributed by atoms with Gasteiger partial charge in [-0.3, -0.25) is 4.79 Å². The Morgan fingerprint density at radius 2 is 1.71 bits per heavy atom. The molecule has 35 heavy (non-hydrogen) atoms. The first-order valence-corrected chi connectivity index (χ1v) is 11.7. The summed E-state index contributed by atoms with van der Waals surface area (Å²) in [7, 11) is 0. The number of ether oxygens (including phenoxy) is 1. The Morgan fingerprint density at radius 3 is 2.34 bits per heavy atom. The molecule has 0 aliphatic heterocycles. The molecule has 1 saturated carbocycles. The van der Waals surface area contributed by atoms with Crippen molar-refractivity contribution in [2.75, 3.05) is 17.2 Å². The minimum atomic E-state index is -0.838. The highest BCUT2D eigenvalue weighted by molar-refractivity contribution is 6.33. The zero-order valence-corrected chi connectivity index (χ0v) is 19.6. The van der Waals surface area contributed by atoms with Gasteiger partial charge in [0.2, 0.25) is 5.88 Å². The second-order valence-electron chi connectivity index (χ2n) is 8.60. The molecule has 7 nitrogen and oxygen atoms in total. The molecule has 0 radical (unpaired) electrons. The topological polar surface area (TPSA) is 101 Å². The molecule has 4 rings (SSSR count). The third-order valence-corrected chi connectivity index (χ3v) is 6.47. The molecule has 1 fully saturated rings. The van der Waals surface area contributed by atoms with Gasteiger partial charge < -0.3 is 20.5 Å². The van der Waals surface area contributed by atoms with Crippen molar-refractivity contribution >= 4 is 35.0 Å². The average molecular weight is 498 g/mol. The summed E-state index contributed by atoms with van der Waals surface area (Å²) in [5.41, 5.74) is 1.75. The van der Waals surface area contributed by atoms with E-state index in [1.807, 2.05) is 18.2 Å². The van der Waals surface area contributed by atoms with Gasteiger partial charge in [-0.05, 0) is 54.8 Å². The minimum Gasteiger partial charge on any atom is -0.481 e. The molecule has 3 N–H and O–H groups in total. The fourth-order valence-corrected chi connectivity index (χ4v) is 4.33. The second kappa shape index (κ2) is 10.7. The molecule has 2 amide bonds. The van der Waals surface area contributed by atoms with E-state index in [0.717, 1.165) is 36.5 Å². The number of hydrogen-bond donors (Lipinski definition) is 3. The summed E-state index contributed by atoms with van der Waals surface area (Å²) in [5.74, 6) is -0.912. The van der Waals surface area contributed by atoms with Gasteiger partial charge in [0.1, 0.15) is 17.8 Å². The number of carbonyl (C=O) groups is 2. The highest BCUT2D eigenvalue weighted by Gasteiger charge is 2.40. The lowest BCUT2D eigenvalue weighted by Gasteiger charge is -2.32. The normalized spacial score (nSPS) is 14.7. The van der Waals surface area contributed by atoms with Gasteiger partial charge in [-0.2, -0.15) is 0 Å². The number of hydrogen-bond acceptors (Lipinski definition) is 4. The summed E-state index contributed by atoms with van der Waals surface area (Å²) in [6.45, 7) is 0.111. The molecule has 3 aromatic rings. The number of halogens is 2. The Balaban J connectivity index is 1.34. The van der Waals surface area contributed by atoms with Crippen LogP contribution in [0.1, 0.15) is 32.1 Å². The lowest BCUT2D eigenvalue weighted by molar-refractivity contribution is -0.153. The smallest absolute Gasteiger partial charge is 0.323 e. The summed E-state index contributed by atoms with van der Waals surface area (Å²) in [6, 6.07) is 13.9. The van der Waals surface area contributed by atoms with Gasteiger partial charge in [0.15, 0.2) is 0 Å². The molecule has 0 unspecified atom stereocenters. The summed E-state index contributed by atoms with van der Waals surface area (Å²) in [5, 5.41) is 15.1. The first kappa shape index (κ1) is 24.5. The standard InChI is InChI=1S/C26H25ClFN3O4/c27-21-14-19(28)7-10-22(21)31-25(34)30-20-8-4-17(5-9-20)18-6-11-23(29-15-18)35-16-26(24(32)33)12-2-1-3-13-26/h4-11,14-15H,1-3,12-13,16H2,(H,32,33)(H2,30,31,34). The van der Waals surface area contributed by atoms with E-state index in [0.29, 0.717) is 30.1 Å². The summed E-state index contributed by atoms with van der Waals surface area (Å²) in [4.78, 5) is 28.3. The maximum absolute atomic E-state index is 13.1. The number of anilines is 2. The summed E-state index contributed by atoms with van der Waals surface area (Å²) >= 11 is 5.93. The van der Waals surface area contributed by atoms with E-state index >= 15 is 0 Å². The lowest BCUT2D eigenvalue weighted by Crippen LogP contribution is -2.39. The van der Waals surface area contributed by atoms with Crippen molar-refractivity contribution in [3.63, 3.8) is 0 Å². The number of aliphatic carboxylic acids is 1. The van der Waals surface area contributed by atoms with Gasteiger partial charge >= 0.3 is 12.0 Å². The maximum Gasteiger partial charge on any atom is 0.323 e. The number of carbonyl (C=O) groups excluding carboxylic acids is 1.